The Balaban J connectivity index is 1.40. The maximum atomic E-state index is 12.0. The molecule has 200 valence electrons. The summed E-state index contributed by atoms with van der Waals surface area (Å²) in [6.07, 6.45) is 3.64. The summed E-state index contributed by atoms with van der Waals surface area (Å²) in [5, 5.41) is 8.80. The molecule has 0 bridgehead atoms. The van der Waals surface area contributed by atoms with Crippen LogP contribution in [-0.2, 0) is 22.5 Å². The summed E-state index contributed by atoms with van der Waals surface area (Å²) in [5.74, 6) is 1.65. The number of carbonyl (C=O) groups is 1. The van der Waals surface area contributed by atoms with E-state index in [1.807, 2.05) is 19.9 Å². The number of nitrogens with zero attached hydrogens (tertiary/aromatic N) is 5. The van der Waals surface area contributed by atoms with Crippen LogP contribution < -0.4 is 4.74 Å². The lowest BCUT2D eigenvalue weighted by atomic mass is 9.94. The van der Waals surface area contributed by atoms with Crippen molar-refractivity contribution in [1.82, 2.24) is 24.8 Å². The molecule has 1 aliphatic rings. The summed E-state index contributed by atoms with van der Waals surface area (Å²) < 4.78 is 18.4. The Kier molecular flexibility index (Phi) is 8.97. The first-order valence-electron chi connectivity index (χ1n) is 13.5. The first-order valence-corrected chi connectivity index (χ1v) is 13.5. The van der Waals surface area contributed by atoms with Gasteiger partial charge in [-0.2, -0.15) is 10.1 Å². The molecule has 37 heavy (non-hydrogen) atoms. The highest BCUT2D eigenvalue weighted by Crippen LogP contribution is 2.28. The standard InChI is InChI=1S/C28H39N5O4/c1-6-15-36-25-18-24(30-33(25)7-2)27-29-26(31-37-27)22-16-19(4)23(20(5)17-22)11-14-32-12-9-21(10-13-32)28(34)35-8-3/h16-18,21H,6-15H2,1-5H3. The van der Waals surface area contributed by atoms with E-state index >= 15 is 0 Å². The molecule has 0 atom stereocenters. The van der Waals surface area contributed by atoms with Crippen LogP contribution in [0.2, 0.25) is 0 Å². The zero-order valence-corrected chi connectivity index (χ0v) is 22.7. The van der Waals surface area contributed by atoms with Gasteiger partial charge in [0.15, 0.2) is 5.69 Å². The van der Waals surface area contributed by atoms with Crippen molar-refractivity contribution in [2.24, 2.45) is 5.92 Å². The molecule has 2 aromatic heterocycles. The average molecular weight is 510 g/mol. The number of esters is 1. The lowest BCUT2D eigenvalue weighted by Gasteiger charge is -2.31. The highest BCUT2D eigenvalue weighted by atomic mass is 16.5. The smallest absolute Gasteiger partial charge is 0.309 e. The number of benzene rings is 1. The Labute approximate surface area is 219 Å². The van der Waals surface area contributed by atoms with Gasteiger partial charge in [-0.25, -0.2) is 4.68 Å². The molecular weight excluding hydrogens is 470 g/mol. The fourth-order valence-corrected chi connectivity index (χ4v) is 4.94. The van der Waals surface area contributed by atoms with Gasteiger partial charge in [0.05, 0.1) is 19.1 Å². The number of hydrogen-bond acceptors (Lipinski definition) is 8. The molecule has 4 rings (SSSR count). The molecule has 9 heteroatoms. The minimum absolute atomic E-state index is 0.0435. The van der Waals surface area contributed by atoms with E-state index in [1.165, 1.54) is 16.7 Å². The normalized spacial score (nSPS) is 14.7. The van der Waals surface area contributed by atoms with Crippen molar-refractivity contribution < 1.29 is 18.8 Å². The molecule has 0 N–H and O–H groups in total. The topological polar surface area (TPSA) is 95.5 Å². The SMILES string of the molecule is CCCOc1cc(-c2nc(-c3cc(C)c(CCN4CCC(C(=O)OCC)CC4)c(C)c3)no2)nn1CC. The number of aryl methyl sites for hydroxylation is 3. The predicted octanol–water partition coefficient (Wildman–Crippen LogP) is 4.84. The molecule has 0 spiro atoms. The minimum Gasteiger partial charge on any atom is -0.478 e. The molecule has 1 aromatic carbocycles. The van der Waals surface area contributed by atoms with E-state index < -0.39 is 0 Å². The van der Waals surface area contributed by atoms with Gasteiger partial charge in [0.1, 0.15) is 0 Å². The fraction of sp³-hybridized carbons (Fsp3) is 0.571. The molecule has 3 heterocycles. The Morgan fingerprint density at radius 2 is 1.84 bits per heavy atom. The van der Waals surface area contributed by atoms with Crippen LogP contribution in [0.5, 0.6) is 5.88 Å². The highest BCUT2D eigenvalue weighted by molar-refractivity contribution is 5.72. The second-order valence-corrected chi connectivity index (χ2v) is 9.66. The van der Waals surface area contributed by atoms with Crippen LogP contribution in [0.4, 0.5) is 0 Å². The number of carbonyl (C=O) groups excluding carboxylic acids is 1. The lowest BCUT2D eigenvalue weighted by molar-refractivity contribution is -0.149. The summed E-state index contributed by atoms with van der Waals surface area (Å²) >= 11 is 0. The van der Waals surface area contributed by atoms with E-state index in [1.54, 1.807) is 4.68 Å². The number of likely N-dealkylation sites (tertiary alicyclic amines) is 1. The summed E-state index contributed by atoms with van der Waals surface area (Å²) in [6, 6.07) is 6.11. The lowest BCUT2D eigenvalue weighted by Crippen LogP contribution is -2.38. The quantitative estimate of drug-likeness (QED) is 0.339. The molecule has 0 radical (unpaired) electrons. The molecule has 0 unspecified atom stereocenters. The molecule has 1 aliphatic heterocycles. The Morgan fingerprint density at radius 1 is 1.11 bits per heavy atom. The van der Waals surface area contributed by atoms with Crippen LogP contribution in [0.1, 0.15) is 56.7 Å². The van der Waals surface area contributed by atoms with Crippen molar-refractivity contribution in [3.05, 3.63) is 34.9 Å². The van der Waals surface area contributed by atoms with Crippen molar-refractivity contribution in [2.75, 3.05) is 32.8 Å². The van der Waals surface area contributed by atoms with Crippen LogP contribution in [-0.4, -0.2) is 63.6 Å². The van der Waals surface area contributed by atoms with Crippen LogP contribution in [0.3, 0.4) is 0 Å². The third-order valence-electron chi connectivity index (χ3n) is 6.98. The van der Waals surface area contributed by atoms with E-state index in [0.717, 1.165) is 50.9 Å². The number of piperidine rings is 1. The second-order valence-electron chi connectivity index (χ2n) is 9.66. The zero-order chi connectivity index (χ0) is 26.4. The van der Waals surface area contributed by atoms with Crippen molar-refractivity contribution >= 4 is 5.97 Å². The van der Waals surface area contributed by atoms with E-state index in [2.05, 4.69) is 53.0 Å². The molecule has 3 aromatic rings. The van der Waals surface area contributed by atoms with E-state index in [9.17, 15) is 4.79 Å². The monoisotopic (exact) mass is 509 g/mol. The van der Waals surface area contributed by atoms with E-state index in [-0.39, 0.29) is 11.9 Å². The summed E-state index contributed by atoms with van der Waals surface area (Å²) in [7, 11) is 0. The Morgan fingerprint density at radius 3 is 2.49 bits per heavy atom. The first kappa shape index (κ1) is 26.9. The Bertz CT molecular complexity index is 1170. The third-order valence-corrected chi connectivity index (χ3v) is 6.98. The summed E-state index contributed by atoms with van der Waals surface area (Å²) in [6.45, 7) is 14.9. The van der Waals surface area contributed by atoms with Gasteiger partial charge in [-0.05, 0) is 95.3 Å². The van der Waals surface area contributed by atoms with Crippen LogP contribution in [0.15, 0.2) is 22.7 Å². The molecule has 1 saturated heterocycles. The molecule has 0 amide bonds. The van der Waals surface area contributed by atoms with E-state index in [4.69, 9.17) is 14.0 Å². The fourth-order valence-electron chi connectivity index (χ4n) is 4.94. The maximum absolute atomic E-state index is 12.0. The Hall–Kier alpha value is -3.20. The molecule has 9 nitrogen and oxygen atoms in total. The molecular formula is C28H39N5O4. The van der Waals surface area contributed by atoms with Crippen molar-refractivity contribution in [3.8, 4) is 28.9 Å². The van der Waals surface area contributed by atoms with Crippen molar-refractivity contribution in [3.63, 3.8) is 0 Å². The molecule has 0 aliphatic carbocycles. The number of hydrogen-bond donors (Lipinski definition) is 0. The van der Waals surface area contributed by atoms with Gasteiger partial charge in [0.2, 0.25) is 11.7 Å². The van der Waals surface area contributed by atoms with Crippen LogP contribution >= 0.6 is 0 Å². The molecule has 0 saturated carbocycles. The third kappa shape index (κ3) is 6.39. The number of ether oxygens (including phenoxy) is 2. The van der Waals surface area contributed by atoms with Gasteiger partial charge in [0, 0.05) is 24.7 Å². The molecule has 1 fully saturated rings. The predicted molar refractivity (Wildman–Crippen MR) is 141 cm³/mol. The van der Waals surface area contributed by atoms with Crippen molar-refractivity contribution in [2.45, 2.75) is 66.8 Å². The van der Waals surface area contributed by atoms with Gasteiger partial charge in [0.25, 0.3) is 5.89 Å². The van der Waals surface area contributed by atoms with Gasteiger partial charge in [-0.3, -0.25) is 4.79 Å². The van der Waals surface area contributed by atoms with Crippen LogP contribution in [0.25, 0.3) is 23.0 Å². The second kappa shape index (κ2) is 12.4. The number of rotatable bonds is 11. The maximum Gasteiger partial charge on any atom is 0.309 e. The van der Waals surface area contributed by atoms with Crippen molar-refractivity contribution in [1.29, 1.82) is 0 Å². The minimum atomic E-state index is -0.0435. The highest BCUT2D eigenvalue weighted by Gasteiger charge is 2.26. The van der Waals surface area contributed by atoms with E-state index in [0.29, 0.717) is 43.0 Å². The van der Waals surface area contributed by atoms with Crippen LogP contribution in [0, 0.1) is 19.8 Å². The van der Waals surface area contributed by atoms with Gasteiger partial charge < -0.3 is 18.9 Å². The first-order chi connectivity index (χ1) is 17.9. The van der Waals surface area contributed by atoms with Gasteiger partial charge in [-0.15, -0.1) is 0 Å². The van der Waals surface area contributed by atoms with Gasteiger partial charge in [-0.1, -0.05) is 12.1 Å². The largest absolute Gasteiger partial charge is 0.478 e. The van der Waals surface area contributed by atoms with Gasteiger partial charge >= 0.3 is 5.97 Å². The average Bonchev–Trinajstić information content (AvgIpc) is 3.54. The number of aromatic nitrogens is 4. The zero-order valence-electron chi connectivity index (χ0n) is 22.7. The summed E-state index contributed by atoms with van der Waals surface area (Å²) in [5.41, 5.74) is 5.32. The summed E-state index contributed by atoms with van der Waals surface area (Å²) in [4.78, 5) is 19.1.